The van der Waals surface area contributed by atoms with Crippen LogP contribution in [0.15, 0.2) is 18.5 Å². The van der Waals surface area contributed by atoms with Crippen molar-refractivity contribution in [1.29, 1.82) is 0 Å². The standard InChI is InChI=1S/C15H25N3O2/c1-2-3-4-5-6-7-8-9-11-17-14-10-12-16-13-15(14)18(19)20/h10,12-13H,2-9,11H2,1H3,(H,16,17). The summed E-state index contributed by atoms with van der Waals surface area (Å²) < 4.78 is 0. The highest BCUT2D eigenvalue weighted by Crippen LogP contribution is 2.21. The Hall–Kier alpha value is -1.65. The molecule has 0 amide bonds. The van der Waals surface area contributed by atoms with Crippen LogP contribution in [0.5, 0.6) is 0 Å². The van der Waals surface area contributed by atoms with Gasteiger partial charge < -0.3 is 5.32 Å². The second-order valence-electron chi connectivity index (χ2n) is 5.05. The lowest BCUT2D eigenvalue weighted by molar-refractivity contribution is -0.384. The Kier molecular flexibility index (Phi) is 8.35. The van der Waals surface area contributed by atoms with E-state index in [0.717, 1.165) is 13.0 Å². The van der Waals surface area contributed by atoms with E-state index in [2.05, 4.69) is 17.2 Å². The van der Waals surface area contributed by atoms with Gasteiger partial charge in [-0.3, -0.25) is 15.1 Å². The molecule has 5 nitrogen and oxygen atoms in total. The van der Waals surface area contributed by atoms with Crippen molar-refractivity contribution in [3.8, 4) is 0 Å². The predicted octanol–water partition coefficient (Wildman–Crippen LogP) is 4.54. The van der Waals surface area contributed by atoms with Gasteiger partial charge in [-0.25, -0.2) is 0 Å². The molecule has 0 fully saturated rings. The number of nitrogens with one attached hydrogen (secondary N) is 1. The highest BCUT2D eigenvalue weighted by atomic mass is 16.6. The third kappa shape index (κ3) is 6.50. The van der Waals surface area contributed by atoms with Crippen molar-refractivity contribution in [2.24, 2.45) is 0 Å². The van der Waals surface area contributed by atoms with Gasteiger partial charge in [0.05, 0.1) is 4.92 Å². The molecule has 0 spiro atoms. The molecular weight excluding hydrogens is 254 g/mol. The topological polar surface area (TPSA) is 68.1 Å². The summed E-state index contributed by atoms with van der Waals surface area (Å²) in [5.41, 5.74) is 0.611. The van der Waals surface area contributed by atoms with Crippen molar-refractivity contribution in [3.05, 3.63) is 28.6 Å². The Balaban J connectivity index is 2.11. The quantitative estimate of drug-likeness (QED) is 0.367. The molecule has 0 aliphatic rings. The summed E-state index contributed by atoms with van der Waals surface area (Å²) >= 11 is 0. The van der Waals surface area contributed by atoms with Gasteiger partial charge in [-0.2, -0.15) is 0 Å². The van der Waals surface area contributed by atoms with Gasteiger partial charge in [-0.15, -0.1) is 0 Å². The van der Waals surface area contributed by atoms with Crippen molar-refractivity contribution in [2.75, 3.05) is 11.9 Å². The smallest absolute Gasteiger partial charge is 0.310 e. The van der Waals surface area contributed by atoms with Crippen LogP contribution in [-0.4, -0.2) is 16.5 Å². The average molecular weight is 279 g/mol. The fourth-order valence-electron chi connectivity index (χ4n) is 2.16. The number of nitro groups is 1. The van der Waals surface area contributed by atoms with Gasteiger partial charge in [0.1, 0.15) is 11.9 Å². The second kappa shape index (κ2) is 10.2. The lowest BCUT2D eigenvalue weighted by Gasteiger charge is -2.06. The fourth-order valence-corrected chi connectivity index (χ4v) is 2.16. The molecule has 0 bridgehead atoms. The van der Waals surface area contributed by atoms with Crippen LogP contribution in [0.2, 0.25) is 0 Å². The molecule has 0 radical (unpaired) electrons. The van der Waals surface area contributed by atoms with Crippen LogP contribution in [0.25, 0.3) is 0 Å². The minimum absolute atomic E-state index is 0.0482. The molecule has 1 aromatic rings. The van der Waals surface area contributed by atoms with Crippen LogP contribution >= 0.6 is 0 Å². The van der Waals surface area contributed by atoms with E-state index in [9.17, 15) is 10.1 Å². The third-order valence-electron chi connectivity index (χ3n) is 3.34. The minimum atomic E-state index is -0.400. The maximum Gasteiger partial charge on any atom is 0.310 e. The molecule has 0 saturated carbocycles. The number of rotatable bonds is 11. The number of pyridine rings is 1. The van der Waals surface area contributed by atoms with Crippen LogP contribution in [0.3, 0.4) is 0 Å². The second-order valence-corrected chi connectivity index (χ2v) is 5.05. The van der Waals surface area contributed by atoms with Gasteiger partial charge in [-0.05, 0) is 12.5 Å². The largest absolute Gasteiger partial charge is 0.379 e. The summed E-state index contributed by atoms with van der Waals surface area (Å²) in [5, 5.41) is 13.9. The maximum atomic E-state index is 10.8. The molecule has 5 heteroatoms. The zero-order chi connectivity index (χ0) is 14.6. The Morgan fingerprint density at radius 3 is 2.45 bits per heavy atom. The number of anilines is 1. The Labute approximate surface area is 121 Å². The highest BCUT2D eigenvalue weighted by molar-refractivity contribution is 5.59. The molecule has 1 N–H and O–H groups in total. The first kappa shape index (κ1) is 16.4. The van der Waals surface area contributed by atoms with Gasteiger partial charge in [-0.1, -0.05) is 51.9 Å². The van der Waals surface area contributed by atoms with Crippen molar-refractivity contribution < 1.29 is 4.92 Å². The van der Waals surface area contributed by atoms with Crippen molar-refractivity contribution in [2.45, 2.75) is 58.3 Å². The number of nitrogens with zero attached hydrogens (tertiary/aromatic N) is 2. The molecule has 20 heavy (non-hydrogen) atoms. The first-order chi connectivity index (χ1) is 9.75. The maximum absolute atomic E-state index is 10.8. The summed E-state index contributed by atoms with van der Waals surface area (Å²) in [7, 11) is 0. The first-order valence-corrected chi connectivity index (χ1v) is 7.58. The summed E-state index contributed by atoms with van der Waals surface area (Å²) in [4.78, 5) is 14.2. The van der Waals surface area contributed by atoms with E-state index in [-0.39, 0.29) is 5.69 Å². The summed E-state index contributed by atoms with van der Waals surface area (Å²) in [5.74, 6) is 0. The van der Waals surface area contributed by atoms with Gasteiger partial charge in [0.2, 0.25) is 0 Å². The van der Waals surface area contributed by atoms with E-state index in [1.54, 1.807) is 12.3 Å². The van der Waals surface area contributed by atoms with Crippen LogP contribution in [0.4, 0.5) is 11.4 Å². The predicted molar refractivity (Wildman–Crippen MR) is 82.0 cm³/mol. The van der Waals surface area contributed by atoms with E-state index >= 15 is 0 Å². The summed E-state index contributed by atoms with van der Waals surface area (Å²) in [6.07, 6.45) is 12.9. The van der Waals surface area contributed by atoms with Crippen molar-refractivity contribution in [1.82, 2.24) is 4.98 Å². The average Bonchev–Trinajstić information content (AvgIpc) is 2.46. The van der Waals surface area contributed by atoms with E-state index in [1.165, 1.54) is 51.1 Å². The number of hydrogen-bond acceptors (Lipinski definition) is 4. The van der Waals surface area contributed by atoms with E-state index in [4.69, 9.17) is 0 Å². The van der Waals surface area contributed by atoms with Crippen molar-refractivity contribution in [3.63, 3.8) is 0 Å². The molecule has 1 heterocycles. The van der Waals surface area contributed by atoms with E-state index < -0.39 is 4.92 Å². The molecule has 1 aromatic heterocycles. The summed E-state index contributed by atoms with van der Waals surface area (Å²) in [6.45, 7) is 3.00. The van der Waals surface area contributed by atoms with Gasteiger partial charge in [0.15, 0.2) is 0 Å². The molecule has 0 atom stereocenters. The first-order valence-electron chi connectivity index (χ1n) is 7.58. The highest BCUT2D eigenvalue weighted by Gasteiger charge is 2.11. The normalized spacial score (nSPS) is 10.4. The summed E-state index contributed by atoms with van der Waals surface area (Å²) in [6, 6.07) is 1.66. The molecule has 0 saturated heterocycles. The zero-order valence-electron chi connectivity index (χ0n) is 12.3. The number of hydrogen-bond donors (Lipinski definition) is 1. The van der Waals surface area contributed by atoms with Crippen LogP contribution < -0.4 is 5.32 Å². The van der Waals surface area contributed by atoms with Crippen molar-refractivity contribution >= 4 is 11.4 Å². The molecule has 1 rings (SSSR count). The molecule has 112 valence electrons. The Morgan fingerprint density at radius 1 is 1.15 bits per heavy atom. The molecule has 0 aliphatic heterocycles. The van der Waals surface area contributed by atoms with E-state index in [0.29, 0.717) is 5.69 Å². The monoisotopic (exact) mass is 279 g/mol. The lowest BCUT2D eigenvalue weighted by atomic mass is 10.1. The molecule has 0 aliphatic carbocycles. The SMILES string of the molecule is CCCCCCCCCCNc1ccncc1[N+](=O)[O-]. The third-order valence-corrected chi connectivity index (χ3v) is 3.34. The fraction of sp³-hybridized carbons (Fsp3) is 0.667. The minimum Gasteiger partial charge on any atom is -0.379 e. The molecular formula is C15H25N3O2. The number of aromatic nitrogens is 1. The van der Waals surface area contributed by atoms with Crippen LogP contribution in [0.1, 0.15) is 58.3 Å². The van der Waals surface area contributed by atoms with Crippen LogP contribution in [-0.2, 0) is 0 Å². The van der Waals surface area contributed by atoms with E-state index in [1.807, 2.05) is 0 Å². The zero-order valence-corrected chi connectivity index (χ0v) is 12.3. The van der Waals surface area contributed by atoms with Gasteiger partial charge in [0, 0.05) is 12.7 Å². The van der Waals surface area contributed by atoms with Gasteiger partial charge in [0.25, 0.3) is 0 Å². The van der Waals surface area contributed by atoms with Crippen LogP contribution in [0, 0.1) is 10.1 Å². The Bertz CT molecular complexity index is 396. The van der Waals surface area contributed by atoms with Gasteiger partial charge >= 0.3 is 5.69 Å². The number of unbranched alkanes of at least 4 members (excludes halogenated alkanes) is 7. The molecule has 0 aromatic carbocycles. The molecule has 0 unspecified atom stereocenters. The Morgan fingerprint density at radius 2 is 1.80 bits per heavy atom. The lowest BCUT2D eigenvalue weighted by Crippen LogP contribution is -2.04.